The van der Waals surface area contributed by atoms with E-state index >= 15 is 0 Å². The summed E-state index contributed by atoms with van der Waals surface area (Å²) in [7, 11) is 0. The third kappa shape index (κ3) is 8.99. The van der Waals surface area contributed by atoms with Gasteiger partial charge in [-0.1, -0.05) is 27.7 Å². The third-order valence-electron chi connectivity index (χ3n) is 3.97. The standard InChI is InChI=1S/C18H32O6/c1-13(2)9-11-21-17(19)23-15-7-5-6-8-16(15)24-18(20)22-12-10-14(3)4/h13-16H,5-12H2,1-4H3. The molecule has 0 aliphatic heterocycles. The summed E-state index contributed by atoms with van der Waals surface area (Å²) >= 11 is 0. The molecule has 0 N–H and O–H groups in total. The molecular formula is C18H32O6. The predicted octanol–water partition coefficient (Wildman–Crippen LogP) is 4.70. The Kier molecular flexibility index (Phi) is 9.57. The molecule has 0 spiro atoms. The van der Waals surface area contributed by atoms with E-state index in [1.807, 2.05) is 0 Å². The van der Waals surface area contributed by atoms with E-state index in [4.69, 9.17) is 18.9 Å². The van der Waals surface area contributed by atoms with Gasteiger partial charge in [0.2, 0.25) is 0 Å². The van der Waals surface area contributed by atoms with Gasteiger partial charge >= 0.3 is 12.3 Å². The van der Waals surface area contributed by atoms with Crippen molar-refractivity contribution in [3.8, 4) is 0 Å². The molecule has 0 amide bonds. The van der Waals surface area contributed by atoms with Crippen molar-refractivity contribution in [2.75, 3.05) is 13.2 Å². The van der Waals surface area contributed by atoms with Crippen molar-refractivity contribution in [3.63, 3.8) is 0 Å². The average Bonchev–Trinajstić information content (AvgIpc) is 2.48. The lowest BCUT2D eigenvalue weighted by Gasteiger charge is -2.29. The van der Waals surface area contributed by atoms with Gasteiger partial charge in [0.05, 0.1) is 13.2 Å². The molecule has 6 nitrogen and oxygen atoms in total. The Hall–Kier alpha value is -1.46. The summed E-state index contributed by atoms with van der Waals surface area (Å²) in [5.74, 6) is 0.924. The SMILES string of the molecule is CC(C)CCOC(=O)OC1CCCCC1OC(=O)OCCC(C)C. The summed E-state index contributed by atoms with van der Waals surface area (Å²) in [6.07, 6.45) is 2.51. The fourth-order valence-electron chi connectivity index (χ4n) is 2.40. The Bertz CT molecular complexity index is 344. The normalized spacial score (nSPS) is 20.8. The van der Waals surface area contributed by atoms with Crippen LogP contribution in [-0.4, -0.2) is 37.7 Å². The number of carbonyl (C=O) groups excluding carboxylic acids is 2. The second kappa shape index (κ2) is 11.2. The van der Waals surface area contributed by atoms with Crippen molar-refractivity contribution < 1.29 is 28.5 Å². The molecule has 2 atom stereocenters. The third-order valence-corrected chi connectivity index (χ3v) is 3.97. The minimum atomic E-state index is -0.690. The molecule has 0 radical (unpaired) electrons. The molecule has 0 bridgehead atoms. The maximum Gasteiger partial charge on any atom is 0.508 e. The van der Waals surface area contributed by atoms with Gasteiger partial charge in [-0.25, -0.2) is 9.59 Å². The lowest BCUT2D eigenvalue weighted by atomic mass is 9.95. The molecule has 24 heavy (non-hydrogen) atoms. The van der Waals surface area contributed by atoms with Crippen LogP contribution in [0, 0.1) is 11.8 Å². The summed E-state index contributed by atoms with van der Waals surface area (Å²) in [5.41, 5.74) is 0. The minimum absolute atomic E-state index is 0.339. The summed E-state index contributed by atoms with van der Waals surface area (Å²) in [6, 6.07) is 0. The van der Waals surface area contributed by atoms with Crippen LogP contribution in [0.1, 0.15) is 66.2 Å². The van der Waals surface area contributed by atoms with E-state index in [0.29, 0.717) is 37.9 Å². The number of ether oxygens (including phenoxy) is 4. The van der Waals surface area contributed by atoms with Gasteiger partial charge in [-0.05, 0) is 50.4 Å². The van der Waals surface area contributed by atoms with Gasteiger partial charge in [0.1, 0.15) is 12.2 Å². The number of rotatable bonds is 8. The fourth-order valence-corrected chi connectivity index (χ4v) is 2.40. The number of carbonyl (C=O) groups is 2. The first-order valence-electron chi connectivity index (χ1n) is 9.05. The Morgan fingerprint density at radius 1 is 0.792 bits per heavy atom. The van der Waals surface area contributed by atoms with Crippen LogP contribution in [0.4, 0.5) is 9.59 Å². The Labute approximate surface area is 145 Å². The largest absolute Gasteiger partial charge is 0.508 e. The first-order chi connectivity index (χ1) is 11.4. The van der Waals surface area contributed by atoms with Crippen LogP contribution >= 0.6 is 0 Å². The summed E-state index contributed by atoms with van der Waals surface area (Å²) < 4.78 is 20.8. The number of hydrogen-bond acceptors (Lipinski definition) is 6. The molecule has 140 valence electrons. The van der Waals surface area contributed by atoms with E-state index in [1.54, 1.807) is 0 Å². The molecule has 1 saturated carbocycles. The first kappa shape index (κ1) is 20.6. The molecule has 0 heterocycles. The van der Waals surface area contributed by atoms with Gasteiger partial charge in [0.15, 0.2) is 0 Å². The van der Waals surface area contributed by atoms with E-state index in [1.165, 1.54) is 0 Å². The second-order valence-electron chi connectivity index (χ2n) is 7.16. The minimum Gasteiger partial charge on any atom is -0.434 e. The molecule has 0 saturated heterocycles. The van der Waals surface area contributed by atoms with E-state index < -0.39 is 24.5 Å². The molecular weight excluding hydrogens is 312 g/mol. The summed E-state index contributed by atoms with van der Waals surface area (Å²) in [6.45, 7) is 8.92. The highest BCUT2D eigenvalue weighted by molar-refractivity contribution is 5.61. The molecule has 0 aromatic carbocycles. The molecule has 2 unspecified atom stereocenters. The smallest absolute Gasteiger partial charge is 0.434 e. The van der Waals surface area contributed by atoms with Gasteiger partial charge in [0, 0.05) is 0 Å². The van der Waals surface area contributed by atoms with Crippen LogP contribution in [0.3, 0.4) is 0 Å². The van der Waals surface area contributed by atoms with Crippen LogP contribution < -0.4 is 0 Å². The van der Waals surface area contributed by atoms with Crippen molar-refractivity contribution in [3.05, 3.63) is 0 Å². The van der Waals surface area contributed by atoms with Crippen molar-refractivity contribution in [1.29, 1.82) is 0 Å². The Balaban J connectivity index is 2.35. The van der Waals surface area contributed by atoms with Crippen molar-refractivity contribution in [2.24, 2.45) is 11.8 Å². The lowest BCUT2D eigenvalue weighted by Crippen LogP contribution is -2.38. The van der Waals surface area contributed by atoms with Crippen molar-refractivity contribution in [2.45, 2.75) is 78.4 Å². The highest BCUT2D eigenvalue weighted by atomic mass is 16.8. The van der Waals surface area contributed by atoms with E-state index in [2.05, 4.69) is 27.7 Å². The Morgan fingerprint density at radius 2 is 1.17 bits per heavy atom. The first-order valence-corrected chi connectivity index (χ1v) is 9.05. The van der Waals surface area contributed by atoms with E-state index in [0.717, 1.165) is 25.7 Å². The molecule has 6 heteroatoms. The van der Waals surface area contributed by atoms with Gasteiger partial charge in [-0.15, -0.1) is 0 Å². The van der Waals surface area contributed by atoms with E-state index in [9.17, 15) is 9.59 Å². The average molecular weight is 344 g/mol. The molecule has 1 aliphatic rings. The summed E-state index contributed by atoms with van der Waals surface area (Å²) in [4.78, 5) is 23.5. The Morgan fingerprint density at radius 3 is 1.50 bits per heavy atom. The molecule has 0 aromatic heterocycles. The molecule has 1 fully saturated rings. The molecule has 1 aliphatic carbocycles. The fraction of sp³-hybridized carbons (Fsp3) is 0.889. The summed E-state index contributed by atoms with van der Waals surface area (Å²) in [5, 5.41) is 0. The quantitative estimate of drug-likeness (QED) is 0.595. The van der Waals surface area contributed by atoms with Crippen molar-refractivity contribution in [1.82, 2.24) is 0 Å². The predicted molar refractivity (Wildman–Crippen MR) is 89.8 cm³/mol. The molecule has 1 rings (SSSR count). The lowest BCUT2D eigenvalue weighted by molar-refractivity contribution is -0.0717. The van der Waals surface area contributed by atoms with Crippen LogP contribution in [0.5, 0.6) is 0 Å². The zero-order chi connectivity index (χ0) is 17.9. The van der Waals surface area contributed by atoms with Gasteiger partial charge in [0.25, 0.3) is 0 Å². The molecule has 0 aromatic rings. The van der Waals surface area contributed by atoms with Crippen LogP contribution in [0.25, 0.3) is 0 Å². The van der Waals surface area contributed by atoms with Crippen molar-refractivity contribution >= 4 is 12.3 Å². The maximum absolute atomic E-state index is 11.8. The zero-order valence-corrected chi connectivity index (χ0v) is 15.4. The van der Waals surface area contributed by atoms with Gasteiger partial charge in [-0.3, -0.25) is 0 Å². The highest BCUT2D eigenvalue weighted by Gasteiger charge is 2.32. The van der Waals surface area contributed by atoms with Crippen LogP contribution in [0.2, 0.25) is 0 Å². The van der Waals surface area contributed by atoms with E-state index in [-0.39, 0.29) is 0 Å². The maximum atomic E-state index is 11.8. The van der Waals surface area contributed by atoms with Gasteiger partial charge in [-0.2, -0.15) is 0 Å². The number of hydrogen-bond donors (Lipinski definition) is 0. The topological polar surface area (TPSA) is 71.1 Å². The zero-order valence-electron chi connectivity index (χ0n) is 15.4. The van der Waals surface area contributed by atoms with Gasteiger partial charge < -0.3 is 18.9 Å². The second-order valence-corrected chi connectivity index (χ2v) is 7.16. The highest BCUT2D eigenvalue weighted by Crippen LogP contribution is 2.25. The van der Waals surface area contributed by atoms with Crippen LogP contribution in [0.15, 0.2) is 0 Å². The monoisotopic (exact) mass is 344 g/mol. The van der Waals surface area contributed by atoms with Crippen LogP contribution in [-0.2, 0) is 18.9 Å².